The van der Waals surface area contributed by atoms with Crippen LogP contribution in [0.15, 0.2) is 42.5 Å². The van der Waals surface area contributed by atoms with E-state index >= 15 is 0 Å². The van der Waals surface area contributed by atoms with Crippen LogP contribution < -0.4 is 5.32 Å². The number of benzene rings is 2. The Balaban J connectivity index is 1.31. The van der Waals surface area contributed by atoms with E-state index < -0.39 is 10.0 Å². The van der Waals surface area contributed by atoms with Crippen molar-refractivity contribution in [2.75, 3.05) is 13.1 Å². The van der Waals surface area contributed by atoms with Crippen LogP contribution in [0.2, 0.25) is 0 Å². The van der Waals surface area contributed by atoms with Gasteiger partial charge in [-0.05, 0) is 68.2 Å². The van der Waals surface area contributed by atoms with Crippen molar-refractivity contribution in [2.45, 2.75) is 57.7 Å². The summed E-state index contributed by atoms with van der Waals surface area (Å²) in [6.45, 7) is 4.79. The van der Waals surface area contributed by atoms with Gasteiger partial charge >= 0.3 is 0 Å². The van der Waals surface area contributed by atoms with Crippen LogP contribution in [-0.2, 0) is 33.4 Å². The van der Waals surface area contributed by atoms with Crippen molar-refractivity contribution in [3.63, 3.8) is 0 Å². The molecule has 6 heteroatoms. The van der Waals surface area contributed by atoms with Gasteiger partial charge in [-0.3, -0.25) is 4.79 Å². The Hall–Kier alpha value is -2.18. The summed E-state index contributed by atoms with van der Waals surface area (Å²) in [5, 5.41) is 3.15. The van der Waals surface area contributed by atoms with Crippen LogP contribution in [0.3, 0.4) is 0 Å². The van der Waals surface area contributed by atoms with Crippen molar-refractivity contribution in [2.24, 2.45) is 5.92 Å². The minimum absolute atomic E-state index is 0.0148. The van der Waals surface area contributed by atoms with Gasteiger partial charge in [-0.1, -0.05) is 48.0 Å². The molecule has 1 amide bonds. The van der Waals surface area contributed by atoms with Gasteiger partial charge in [-0.25, -0.2) is 12.7 Å². The third kappa shape index (κ3) is 5.18. The van der Waals surface area contributed by atoms with Gasteiger partial charge in [0.25, 0.3) is 0 Å². The summed E-state index contributed by atoms with van der Waals surface area (Å²) >= 11 is 0. The average Bonchev–Trinajstić information content (AvgIpc) is 3.21. The van der Waals surface area contributed by atoms with E-state index in [1.807, 2.05) is 38.1 Å². The first-order valence-electron chi connectivity index (χ1n) is 11.3. The van der Waals surface area contributed by atoms with Crippen molar-refractivity contribution in [1.29, 1.82) is 0 Å². The van der Waals surface area contributed by atoms with Crippen molar-refractivity contribution in [3.05, 3.63) is 70.3 Å². The summed E-state index contributed by atoms with van der Waals surface area (Å²) in [6, 6.07) is 14.1. The number of rotatable bonds is 6. The van der Waals surface area contributed by atoms with Crippen LogP contribution in [0.5, 0.6) is 0 Å². The zero-order chi connectivity index (χ0) is 22.0. The van der Waals surface area contributed by atoms with Crippen molar-refractivity contribution in [3.8, 4) is 0 Å². The lowest BCUT2D eigenvalue weighted by atomic mass is 9.96. The maximum atomic E-state index is 12.8. The fourth-order valence-corrected chi connectivity index (χ4v) is 6.33. The molecule has 0 saturated carbocycles. The number of aryl methyl sites for hydroxylation is 3. The molecule has 0 spiro atoms. The van der Waals surface area contributed by atoms with E-state index in [0.29, 0.717) is 25.9 Å². The first-order chi connectivity index (χ1) is 14.8. The third-order valence-electron chi connectivity index (χ3n) is 6.63. The number of hydrogen-bond donors (Lipinski definition) is 1. The summed E-state index contributed by atoms with van der Waals surface area (Å²) in [5.74, 6) is -0.0907. The second kappa shape index (κ2) is 9.13. The van der Waals surface area contributed by atoms with Crippen LogP contribution in [0, 0.1) is 12.8 Å². The van der Waals surface area contributed by atoms with Gasteiger partial charge < -0.3 is 5.32 Å². The van der Waals surface area contributed by atoms with Gasteiger partial charge in [0.05, 0.1) is 11.8 Å². The molecule has 4 rings (SSSR count). The molecule has 31 heavy (non-hydrogen) atoms. The molecule has 166 valence electrons. The highest BCUT2D eigenvalue weighted by Crippen LogP contribution is 2.27. The number of fused-ring (bicyclic) bond motifs is 1. The average molecular weight is 441 g/mol. The molecule has 0 aromatic heterocycles. The minimum Gasteiger partial charge on any atom is -0.349 e. The predicted molar refractivity (Wildman–Crippen MR) is 123 cm³/mol. The number of nitrogens with zero attached hydrogens (tertiary/aromatic N) is 1. The molecular formula is C25H32N2O3S. The zero-order valence-electron chi connectivity index (χ0n) is 18.4. The van der Waals surface area contributed by atoms with Crippen LogP contribution in [0.1, 0.15) is 60.0 Å². The lowest BCUT2D eigenvalue weighted by Gasteiger charge is -2.31. The highest BCUT2D eigenvalue weighted by atomic mass is 32.2. The number of hydrogen-bond acceptors (Lipinski definition) is 3. The summed E-state index contributed by atoms with van der Waals surface area (Å²) in [6.07, 6.45) is 4.62. The highest BCUT2D eigenvalue weighted by molar-refractivity contribution is 7.88. The maximum absolute atomic E-state index is 12.8. The number of carbonyl (C=O) groups excluding carboxylic acids is 1. The van der Waals surface area contributed by atoms with E-state index in [-0.39, 0.29) is 23.6 Å². The predicted octanol–water partition coefficient (Wildman–Crippen LogP) is 3.90. The number of amides is 1. The Morgan fingerprint density at radius 2 is 1.84 bits per heavy atom. The van der Waals surface area contributed by atoms with Gasteiger partial charge in [-0.15, -0.1) is 0 Å². The second-order valence-corrected chi connectivity index (χ2v) is 11.0. The lowest BCUT2D eigenvalue weighted by molar-refractivity contribution is -0.126. The molecule has 2 aromatic rings. The van der Waals surface area contributed by atoms with Crippen molar-refractivity contribution < 1.29 is 13.2 Å². The highest BCUT2D eigenvalue weighted by Gasteiger charge is 2.31. The normalized spacial score (nSPS) is 18.5. The smallest absolute Gasteiger partial charge is 0.223 e. The number of nitrogens with one attached hydrogen (secondary N) is 1. The van der Waals surface area contributed by atoms with E-state index in [4.69, 9.17) is 0 Å². The molecular weight excluding hydrogens is 408 g/mol. The minimum atomic E-state index is -3.37. The molecule has 1 heterocycles. The molecule has 1 N–H and O–H groups in total. The van der Waals surface area contributed by atoms with Crippen LogP contribution in [-0.4, -0.2) is 31.7 Å². The van der Waals surface area contributed by atoms with Crippen molar-refractivity contribution >= 4 is 15.9 Å². The monoisotopic (exact) mass is 440 g/mol. The fraction of sp³-hybridized carbons (Fsp3) is 0.480. The van der Waals surface area contributed by atoms with Gasteiger partial charge in [0.2, 0.25) is 15.9 Å². The number of sulfonamides is 1. The molecule has 1 saturated heterocycles. The Labute approximate surface area is 185 Å². The van der Waals surface area contributed by atoms with Crippen LogP contribution in [0.4, 0.5) is 0 Å². The molecule has 2 aromatic carbocycles. The zero-order valence-corrected chi connectivity index (χ0v) is 19.2. The van der Waals surface area contributed by atoms with Crippen molar-refractivity contribution in [1.82, 2.24) is 9.62 Å². The maximum Gasteiger partial charge on any atom is 0.223 e. The molecule has 5 nitrogen and oxygen atoms in total. The summed E-state index contributed by atoms with van der Waals surface area (Å²) in [7, 11) is -3.37. The molecule has 1 aliphatic heterocycles. The Morgan fingerprint density at radius 3 is 2.58 bits per heavy atom. The number of piperidine rings is 1. The molecule has 1 fully saturated rings. The van der Waals surface area contributed by atoms with E-state index in [9.17, 15) is 13.2 Å². The molecule has 1 atom stereocenters. The Morgan fingerprint density at radius 1 is 1.10 bits per heavy atom. The van der Waals surface area contributed by atoms with E-state index in [1.165, 1.54) is 17.5 Å². The third-order valence-corrected chi connectivity index (χ3v) is 8.48. The molecule has 2 aliphatic rings. The molecule has 0 bridgehead atoms. The first kappa shape index (κ1) is 22.0. The van der Waals surface area contributed by atoms with Gasteiger partial charge in [0, 0.05) is 19.0 Å². The summed E-state index contributed by atoms with van der Waals surface area (Å²) < 4.78 is 27.2. The summed E-state index contributed by atoms with van der Waals surface area (Å²) in [5.41, 5.74) is 5.85. The van der Waals surface area contributed by atoms with E-state index in [2.05, 4.69) is 23.5 Å². The fourth-order valence-electron chi connectivity index (χ4n) is 4.78. The Kier molecular flexibility index (Phi) is 6.49. The summed E-state index contributed by atoms with van der Waals surface area (Å²) in [4.78, 5) is 12.8. The standard InChI is InChI=1S/C25H32N2O3S/c1-18-5-3-6-20(15-18)17-31(29,30)27-13-11-22(12-14-27)25(28)26-19(2)23-10-9-21-7-4-8-24(21)16-23/h3,5-6,9-10,15-16,19,22H,4,7-8,11-14,17H2,1-2H3,(H,26,28)/t19-/m1/s1. The largest absolute Gasteiger partial charge is 0.349 e. The van der Waals surface area contributed by atoms with E-state index in [0.717, 1.165) is 29.5 Å². The quantitative estimate of drug-likeness (QED) is 0.741. The Bertz CT molecular complexity index is 1060. The molecule has 0 radical (unpaired) electrons. The van der Waals surface area contributed by atoms with Gasteiger partial charge in [0.1, 0.15) is 0 Å². The molecule has 0 unspecified atom stereocenters. The van der Waals surface area contributed by atoms with Crippen LogP contribution >= 0.6 is 0 Å². The molecule has 1 aliphatic carbocycles. The number of carbonyl (C=O) groups is 1. The topological polar surface area (TPSA) is 66.5 Å². The lowest BCUT2D eigenvalue weighted by Crippen LogP contribution is -2.43. The van der Waals surface area contributed by atoms with Gasteiger partial charge in [0.15, 0.2) is 0 Å². The van der Waals surface area contributed by atoms with Gasteiger partial charge in [-0.2, -0.15) is 0 Å². The first-order valence-corrected chi connectivity index (χ1v) is 12.9. The second-order valence-electron chi connectivity index (χ2n) is 9.03. The van der Waals surface area contributed by atoms with E-state index in [1.54, 1.807) is 4.31 Å². The van der Waals surface area contributed by atoms with Crippen LogP contribution in [0.25, 0.3) is 0 Å². The SMILES string of the molecule is Cc1cccc(CS(=O)(=O)N2CCC(C(=O)N[C@H](C)c3ccc4c(c3)CCC4)CC2)c1.